The standard InChI is InChI=1S/C28H26B4N2/c1-23-29(25-15-7-3-8-16-25)33-31(27-19-11-5-12-20-27)24(2)32(28-21-13-6-14-22-28)34(33)30(23)26-17-9-4-10-18-26/h3-22H,1-2H3/q-2. The Kier molecular flexibility index (Phi) is 5.72. The smallest absolute Gasteiger partial charge is 0.0873 e. The number of benzene rings is 4. The maximum atomic E-state index is 2.67. The molecule has 0 amide bonds. The number of hydrogen-bond acceptors (Lipinski definition) is 2. The van der Waals surface area contributed by atoms with E-state index < -0.39 is 0 Å². The Morgan fingerprint density at radius 3 is 0.794 bits per heavy atom. The second kappa shape index (κ2) is 9.02. The van der Waals surface area contributed by atoms with E-state index in [1.807, 2.05) is 0 Å². The number of hydrogen-bond donors (Lipinski definition) is 0. The van der Waals surface area contributed by atoms with Crippen LogP contribution in [0.1, 0.15) is 13.8 Å². The van der Waals surface area contributed by atoms with Gasteiger partial charge >= 0.3 is 0 Å². The van der Waals surface area contributed by atoms with Crippen LogP contribution >= 0.6 is 0 Å². The summed E-state index contributed by atoms with van der Waals surface area (Å²) in [7, 11) is 0. The molecule has 162 valence electrons. The zero-order valence-electron chi connectivity index (χ0n) is 19.8. The van der Waals surface area contributed by atoms with Crippen LogP contribution in [0.2, 0.25) is 0 Å². The first kappa shape index (κ1) is 21.6. The van der Waals surface area contributed by atoms with Crippen LogP contribution in [0.15, 0.2) is 121 Å². The lowest BCUT2D eigenvalue weighted by Gasteiger charge is -2.43. The van der Waals surface area contributed by atoms with Crippen molar-refractivity contribution in [3.8, 4) is 0 Å². The Bertz CT molecular complexity index is 1030. The lowest BCUT2D eigenvalue weighted by Crippen LogP contribution is -2.60. The summed E-state index contributed by atoms with van der Waals surface area (Å²) < 4.78 is 0. The minimum atomic E-state index is 0.209. The molecule has 6 heteroatoms. The summed E-state index contributed by atoms with van der Waals surface area (Å²) in [6.45, 7) is 5.54. The molecule has 2 fully saturated rings. The van der Waals surface area contributed by atoms with E-state index in [0.29, 0.717) is 0 Å². The van der Waals surface area contributed by atoms with Gasteiger partial charge in [-0.1, -0.05) is 143 Å². The molecule has 0 aliphatic carbocycles. The van der Waals surface area contributed by atoms with Crippen molar-refractivity contribution in [2.45, 2.75) is 13.8 Å². The molecule has 0 aromatic heterocycles. The van der Waals surface area contributed by atoms with Crippen LogP contribution in [0.5, 0.6) is 0 Å². The molecule has 2 aliphatic rings. The minimum absolute atomic E-state index is 0.209. The molecule has 2 heterocycles. The molecule has 34 heavy (non-hydrogen) atoms. The van der Waals surface area contributed by atoms with Gasteiger partial charge in [0, 0.05) is 0 Å². The van der Waals surface area contributed by atoms with Gasteiger partial charge in [-0.2, -0.15) is 13.8 Å². The Morgan fingerprint density at radius 1 is 0.382 bits per heavy atom. The van der Waals surface area contributed by atoms with Gasteiger partial charge in [0.05, 0.1) is 27.4 Å². The normalized spacial score (nSPS) is 17.6. The summed E-state index contributed by atoms with van der Waals surface area (Å²) in [5, 5.41) is 0. The SMILES string of the molecule is C[C-]1B(c2ccccc2)N2B(c3ccccc3)[C-](C)B(c3ccccc3)N2B1c1ccccc1. The van der Waals surface area contributed by atoms with Gasteiger partial charge < -0.3 is 21.1 Å². The maximum absolute atomic E-state index is 2.67. The summed E-state index contributed by atoms with van der Waals surface area (Å²) in [6.07, 6.45) is 0. The van der Waals surface area contributed by atoms with Crippen LogP contribution in [0.25, 0.3) is 0 Å². The van der Waals surface area contributed by atoms with E-state index in [9.17, 15) is 0 Å². The molecule has 0 radical (unpaired) electrons. The molecule has 0 unspecified atom stereocenters. The zero-order chi connectivity index (χ0) is 23.1. The Labute approximate surface area is 205 Å². The van der Waals surface area contributed by atoms with Crippen molar-refractivity contribution < 1.29 is 0 Å². The molecule has 0 atom stereocenters. The van der Waals surface area contributed by atoms with Crippen LogP contribution in [-0.2, 0) is 0 Å². The first-order chi connectivity index (χ1) is 16.8. The van der Waals surface area contributed by atoms with E-state index in [-0.39, 0.29) is 27.4 Å². The molecule has 4 aromatic carbocycles. The molecule has 2 nitrogen and oxygen atoms in total. The van der Waals surface area contributed by atoms with Gasteiger partial charge in [-0.3, -0.25) is 0 Å². The van der Waals surface area contributed by atoms with Crippen molar-refractivity contribution in [3.63, 3.8) is 0 Å². The fraction of sp³-hybridized carbons (Fsp3) is 0.0714. The largest absolute Gasteiger partial charge is 0.396 e. The molecule has 0 bridgehead atoms. The van der Waals surface area contributed by atoms with Crippen molar-refractivity contribution in [2.24, 2.45) is 0 Å². The van der Waals surface area contributed by atoms with Gasteiger partial charge in [0.25, 0.3) is 0 Å². The molecular weight excluding hydrogens is 408 g/mol. The van der Waals surface area contributed by atoms with E-state index >= 15 is 0 Å². The highest BCUT2D eigenvalue weighted by Crippen LogP contribution is 2.38. The third-order valence-corrected chi connectivity index (χ3v) is 7.51. The van der Waals surface area contributed by atoms with Gasteiger partial charge in [-0.15, -0.1) is 0 Å². The summed E-state index contributed by atoms with van der Waals surface area (Å²) in [5.41, 5.74) is 8.37. The van der Waals surface area contributed by atoms with Gasteiger partial charge in [0.1, 0.15) is 0 Å². The fourth-order valence-electron chi connectivity index (χ4n) is 6.17. The van der Waals surface area contributed by atoms with Crippen LogP contribution < -0.4 is 21.9 Å². The fourth-order valence-corrected chi connectivity index (χ4v) is 6.17. The lowest BCUT2D eigenvalue weighted by molar-refractivity contribution is 0.439. The third kappa shape index (κ3) is 3.48. The number of fused-ring (bicyclic) bond motifs is 1. The topological polar surface area (TPSA) is 6.48 Å². The van der Waals surface area contributed by atoms with Crippen molar-refractivity contribution >= 4 is 49.2 Å². The highest BCUT2D eigenvalue weighted by atomic mass is 15.5. The second-order valence-corrected chi connectivity index (χ2v) is 9.50. The van der Waals surface area contributed by atoms with Crippen LogP contribution in [0.3, 0.4) is 0 Å². The Morgan fingerprint density at radius 2 is 0.588 bits per heavy atom. The Hall–Kier alpha value is -2.94. The average molecular weight is 434 g/mol. The van der Waals surface area contributed by atoms with Crippen molar-refractivity contribution in [1.82, 2.24) is 9.66 Å². The first-order valence-corrected chi connectivity index (χ1v) is 12.2. The molecule has 0 N–H and O–H groups in total. The predicted octanol–water partition coefficient (Wildman–Crippen LogP) is 2.47. The first-order valence-electron chi connectivity index (χ1n) is 12.2. The van der Waals surface area contributed by atoms with Crippen molar-refractivity contribution in [1.29, 1.82) is 0 Å². The highest BCUT2D eigenvalue weighted by molar-refractivity contribution is 7.14. The van der Waals surface area contributed by atoms with E-state index in [0.717, 1.165) is 0 Å². The second-order valence-electron chi connectivity index (χ2n) is 9.50. The van der Waals surface area contributed by atoms with Crippen LogP contribution in [0, 0.1) is 11.4 Å². The maximum Gasteiger partial charge on any atom is 0.0873 e. The van der Waals surface area contributed by atoms with Gasteiger partial charge in [0.15, 0.2) is 0 Å². The quantitative estimate of drug-likeness (QED) is 0.360. The summed E-state index contributed by atoms with van der Waals surface area (Å²) in [4.78, 5) is 5.34. The highest BCUT2D eigenvalue weighted by Gasteiger charge is 2.50. The van der Waals surface area contributed by atoms with Crippen LogP contribution in [0.4, 0.5) is 0 Å². The monoisotopic (exact) mass is 434 g/mol. The van der Waals surface area contributed by atoms with E-state index in [2.05, 4.69) is 145 Å². The van der Waals surface area contributed by atoms with Gasteiger partial charge in [-0.05, 0) is 0 Å². The number of hydrazine groups is 1. The van der Waals surface area contributed by atoms with Gasteiger partial charge in [0.2, 0.25) is 0 Å². The van der Waals surface area contributed by atoms with E-state index in [1.54, 1.807) is 0 Å². The number of rotatable bonds is 4. The molecule has 2 saturated heterocycles. The zero-order valence-corrected chi connectivity index (χ0v) is 19.8. The summed E-state index contributed by atoms with van der Waals surface area (Å²) >= 11 is 0. The summed E-state index contributed by atoms with van der Waals surface area (Å²) in [6, 6.07) is 44.1. The van der Waals surface area contributed by atoms with Gasteiger partial charge in [-0.25, -0.2) is 0 Å². The number of nitrogens with zero attached hydrogens (tertiary/aromatic N) is 2. The third-order valence-electron chi connectivity index (χ3n) is 7.51. The van der Waals surface area contributed by atoms with E-state index in [1.165, 1.54) is 33.3 Å². The molecule has 6 rings (SSSR count). The summed E-state index contributed by atoms with van der Waals surface area (Å²) in [5.74, 6) is 0. The molecular formula is C28H26B4N2-2. The Balaban J connectivity index is 1.58. The predicted molar refractivity (Wildman–Crippen MR) is 149 cm³/mol. The van der Waals surface area contributed by atoms with E-state index in [4.69, 9.17) is 0 Å². The molecule has 0 spiro atoms. The van der Waals surface area contributed by atoms with Crippen LogP contribution in [-0.4, -0.2) is 37.1 Å². The molecule has 0 saturated carbocycles. The minimum Gasteiger partial charge on any atom is -0.396 e. The molecule has 2 aliphatic heterocycles. The lowest BCUT2D eigenvalue weighted by atomic mass is 9.21. The van der Waals surface area contributed by atoms with Crippen molar-refractivity contribution in [3.05, 3.63) is 133 Å². The molecule has 4 aromatic rings. The average Bonchev–Trinajstić information content (AvgIpc) is 3.34. The van der Waals surface area contributed by atoms with Crippen molar-refractivity contribution in [2.75, 3.05) is 0 Å².